The molecule has 2 aromatic carbocycles. The number of hydrogen-bond donors (Lipinski definition) is 2. The first-order valence-corrected chi connectivity index (χ1v) is 7.16. The van der Waals surface area contributed by atoms with Crippen molar-refractivity contribution < 1.29 is 18.7 Å². The summed E-state index contributed by atoms with van der Waals surface area (Å²) in [6.45, 7) is 1.88. The van der Waals surface area contributed by atoms with Crippen molar-refractivity contribution in [2.45, 2.75) is 13.0 Å². The molecule has 0 radical (unpaired) electrons. The van der Waals surface area contributed by atoms with Crippen LogP contribution in [0.15, 0.2) is 36.4 Å². The summed E-state index contributed by atoms with van der Waals surface area (Å²) in [5.41, 5.74) is 1.66. The van der Waals surface area contributed by atoms with Crippen LogP contribution in [0.5, 0.6) is 5.75 Å². The van der Waals surface area contributed by atoms with Gasteiger partial charge in [-0.25, -0.2) is 4.39 Å². The zero-order valence-corrected chi connectivity index (χ0v) is 12.8. The summed E-state index contributed by atoms with van der Waals surface area (Å²) in [6.07, 6.45) is -1.36. The second-order valence-corrected chi connectivity index (χ2v) is 5.51. The van der Waals surface area contributed by atoms with E-state index in [9.17, 15) is 14.0 Å². The summed E-state index contributed by atoms with van der Waals surface area (Å²) in [7, 11) is 0. The zero-order valence-electron chi connectivity index (χ0n) is 12.0. The first-order valence-electron chi connectivity index (χ1n) is 6.78. The molecule has 23 heavy (non-hydrogen) atoms. The minimum absolute atomic E-state index is 0.0330. The van der Waals surface area contributed by atoms with Gasteiger partial charge in [0.2, 0.25) is 0 Å². The second-order valence-electron chi connectivity index (χ2n) is 5.10. The largest absolute Gasteiger partial charge is 0.468 e. The predicted octanol–water partition coefficient (Wildman–Crippen LogP) is 3.13. The van der Waals surface area contributed by atoms with Gasteiger partial charge in [0.15, 0.2) is 0 Å². The molecule has 0 unspecified atom stereocenters. The maximum absolute atomic E-state index is 13.0. The van der Waals surface area contributed by atoms with Gasteiger partial charge >= 0.3 is 0 Å². The van der Waals surface area contributed by atoms with Crippen LogP contribution in [0.25, 0.3) is 0 Å². The molecule has 1 aliphatic rings. The third kappa shape index (κ3) is 3.12. The number of fused-ring (bicyclic) bond motifs is 1. The Balaban J connectivity index is 1.80. The lowest BCUT2D eigenvalue weighted by atomic mass is 10.1. The maximum atomic E-state index is 13.0. The number of nitrogens with one attached hydrogen (secondary N) is 2. The lowest BCUT2D eigenvalue weighted by Crippen LogP contribution is -2.45. The number of anilines is 2. The van der Waals surface area contributed by atoms with Crippen LogP contribution < -0.4 is 15.4 Å². The van der Waals surface area contributed by atoms with Crippen molar-refractivity contribution in [1.82, 2.24) is 0 Å². The molecular formula is C16H12ClFN2O3. The van der Waals surface area contributed by atoms with Crippen LogP contribution >= 0.6 is 11.6 Å². The highest BCUT2D eigenvalue weighted by Gasteiger charge is 2.34. The molecule has 0 spiro atoms. The van der Waals surface area contributed by atoms with Crippen LogP contribution in [-0.4, -0.2) is 17.9 Å². The normalized spacial score (nSPS) is 16.1. The van der Waals surface area contributed by atoms with Gasteiger partial charge in [0.05, 0.1) is 16.4 Å². The van der Waals surface area contributed by atoms with Crippen molar-refractivity contribution in [3.8, 4) is 5.75 Å². The maximum Gasteiger partial charge on any atom is 0.275 e. The van der Waals surface area contributed by atoms with E-state index in [1.807, 2.05) is 13.0 Å². The van der Waals surface area contributed by atoms with Crippen molar-refractivity contribution in [2.24, 2.45) is 0 Å². The molecule has 0 aliphatic carbocycles. The molecule has 0 fully saturated rings. The van der Waals surface area contributed by atoms with E-state index in [0.717, 1.165) is 17.7 Å². The zero-order chi connectivity index (χ0) is 16.6. The number of benzene rings is 2. The van der Waals surface area contributed by atoms with Gasteiger partial charge in [0, 0.05) is 0 Å². The second kappa shape index (κ2) is 5.89. The molecule has 0 bridgehead atoms. The Morgan fingerprint density at radius 3 is 2.83 bits per heavy atom. The highest BCUT2D eigenvalue weighted by atomic mass is 35.5. The Bertz CT molecular complexity index is 810. The number of hydrogen-bond acceptors (Lipinski definition) is 3. The fourth-order valence-corrected chi connectivity index (χ4v) is 2.40. The number of rotatable bonds is 2. The van der Waals surface area contributed by atoms with Gasteiger partial charge in [-0.15, -0.1) is 0 Å². The predicted molar refractivity (Wildman–Crippen MR) is 84.3 cm³/mol. The average Bonchev–Trinajstić information content (AvgIpc) is 2.49. The van der Waals surface area contributed by atoms with Crippen LogP contribution in [-0.2, 0) is 9.59 Å². The molecule has 0 saturated carbocycles. The number of aryl methyl sites for hydroxylation is 1. The third-order valence-corrected chi connectivity index (χ3v) is 3.62. The molecule has 3 rings (SSSR count). The summed E-state index contributed by atoms with van der Waals surface area (Å²) in [4.78, 5) is 24.3. The number of ether oxygens (including phenoxy) is 1. The highest BCUT2D eigenvalue weighted by Crippen LogP contribution is 2.31. The molecule has 1 heterocycles. The lowest BCUT2D eigenvalue weighted by Gasteiger charge is -2.25. The van der Waals surface area contributed by atoms with Crippen molar-refractivity contribution >= 4 is 34.8 Å². The molecular weight excluding hydrogens is 323 g/mol. The molecule has 0 saturated heterocycles. The van der Waals surface area contributed by atoms with E-state index in [2.05, 4.69) is 10.6 Å². The Labute approximate surface area is 136 Å². The quantitative estimate of drug-likeness (QED) is 0.829. The van der Waals surface area contributed by atoms with Gasteiger partial charge in [0.25, 0.3) is 17.9 Å². The van der Waals surface area contributed by atoms with E-state index >= 15 is 0 Å². The average molecular weight is 335 g/mol. The molecule has 5 nitrogen and oxygen atoms in total. The summed E-state index contributed by atoms with van der Waals surface area (Å²) < 4.78 is 18.5. The third-order valence-electron chi connectivity index (χ3n) is 3.30. The first-order chi connectivity index (χ1) is 10.9. The minimum Gasteiger partial charge on any atom is -0.468 e. The number of carbonyl (C=O) groups excluding carboxylic acids is 2. The van der Waals surface area contributed by atoms with E-state index < -0.39 is 23.7 Å². The van der Waals surface area contributed by atoms with Crippen LogP contribution in [0, 0.1) is 12.7 Å². The van der Waals surface area contributed by atoms with Gasteiger partial charge in [-0.2, -0.15) is 0 Å². The van der Waals surface area contributed by atoms with Crippen LogP contribution in [0.3, 0.4) is 0 Å². The van der Waals surface area contributed by atoms with E-state index in [1.165, 1.54) is 6.07 Å². The van der Waals surface area contributed by atoms with Crippen LogP contribution in [0.1, 0.15) is 5.56 Å². The van der Waals surface area contributed by atoms with E-state index in [-0.39, 0.29) is 10.7 Å². The van der Waals surface area contributed by atoms with Crippen molar-refractivity contribution in [2.75, 3.05) is 10.6 Å². The van der Waals surface area contributed by atoms with Gasteiger partial charge in [-0.05, 0) is 42.8 Å². The Kier molecular flexibility index (Phi) is 3.92. The highest BCUT2D eigenvalue weighted by molar-refractivity contribution is 6.34. The molecule has 2 N–H and O–H groups in total. The SMILES string of the molecule is Cc1ccc2c(c1)NC(=O)[C@@H](C(=O)Nc1ccc(F)cc1Cl)O2. The Hall–Kier alpha value is -2.60. The fraction of sp³-hybridized carbons (Fsp3) is 0.125. The number of carbonyl (C=O) groups is 2. The lowest BCUT2D eigenvalue weighted by molar-refractivity contribution is -0.133. The van der Waals surface area contributed by atoms with Crippen LogP contribution in [0.4, 0.5) is 15.8 Å². The van der Waals surface area contributed by atoms with Crippen LogP contribution in [0.2, 0.25) is 5.02 Å². The molecule has 2 amide bonds. The van der Waals surface area contributed by atoms with Gasteiger partial charge < -0.3 is 15.4 Å². The van der Waals surface area contributed by atoms with Crippen molar-refractivity contribution in [3.05, 3.63) is 52.8 Å². The van der Waals surface area contributed by atoms with E-state index in [4.69, 9.17) is 16.3 Å². The monoisotopic (exact) mass is 334 g/mol. The van der Waals surface area contributed by atoms with E-state index in [0.29, 0.717) is 11.4 Å². The minimum atomic E-state index is -1.36. The smallest absolute Gasteiger partial charge is 0.275 e. The summed E-state index contributed by atoms with van der Waals surface area (Å²) in [5.74, 6) is -1.40. The summed E-state index contributed by atoms with van der Waals surface area (Å²) >= 11 is 5.85. The van der Waals surface area contributed by atoms with Crippen molar-refractivity contribution in [3.63, 3.8) is 0 Å². The Morgan fingerprint density at radius 2 is 2.09 bits per heavy atom. The molecule has 7 heteroatoms. The van der Waals surface area contributed by atoms with Gasteiger partial charge in [-0.1, -0.05) is 17.7 Å². The standard InChI is InChI=1S/C16H12ClFN2O3/c1-8-2-5-13-12(6-8)20-16(22)14(23-13)15(21)19-11-4-3-9(18)7-10(11)17/h2-7,14H,1H3,(H,19,21)(H,20,22)/t14-/m1/s1. The molecule has 0 aromatic heterocycles. The number of halogens is 2. The molecule has 118 valence electrons. The van der Waals surface area contributed by atoms with Gasteiger partial charge in [0.1, 0.15) is 11.6 Å². The molecule has 1 aliphatic heterocycles. The summed E-state index contributed by atoms with van der Waals surface area (Å²) in [5, 5.41) is 5.11. The fourth-order valence-electron chi connectivity index (χ4n) is 2.18. The first kappa shape index (κ1) is 15.3. The van der Waals surface area contributed by atoms with Gasteiger partial charge in [-0.3, -0.25) is 9.59 Å². The number of amides is 2. The Morgan fingerprint density at radius 1 is 1.30 bits per heavy atom. The summed E-state index contributed by atoms with van der Waals surface area (Å²) in [6, 6.07) is 8.77. The topological polar surface area (TPSA) is 67.4 Å². The molecule has 2 aromatic rings. The molecule has 1 atom stereocenters. The van der Waals surface area contributed by atoms with E-state index in [1.54, 1.807) is 12.1 Å². The van der Waals surface area contributed by atoms with Crippen molar-refractivity contribution in [1.29, 1.82) is 0 Å².